The Balaban J connectivity index is 2.97. The SMILES string of the molecule is CC1(C)C=CCCC1(C)C=O. The molecule has 0 saturated carbocycles. The maximum absolute atomic E-state index is 10.9. The van der Waals surface area contributed by atoms with E-state index in [4.69, 9.17) is 0 Å². The lowest BCUT2D eigenvalue weighted by atomic mass is 9.63. The van der Waals surface area contributed by atoms with Crippen molar-refractivity contribution in [1.82, 2.24) is 0 Å². The average Bonchev–Trinajstić information content (AvgIpc) is 1.95. The van der Waals surface area contributed by atoms with Gasteiger partial charge in [-0.1, -0.05) is 32.9 Å². The Morgan fingerprint density at radius 3 is 2.36 bits per heavy atom. The van der Waals surface area contributed by atoms with E-state index >= 15 is 0 Å². The molecule has 0 saturated heterocycles. The molecule has 0 aliphatic heterocycles. The number of rotatable bonds is 1. The molecule has 0 amide bonds. The minimum absolute atomic E-state index is 0.0347. The number of hydrogen-bond donors (Lipinski definition) is 0. The summed E-state index contributed by atoms with van der Waals surface area (Å²) in [5, 5.41) is 0. The molecular weight excluding hydrogens is 136 g/mol. The summed E-state index contributed by atoms with van der Waals surface area (Å²) in [5.74, 6) is 0. The first-order valence-electron chi connectivity index (χ1n) is 4.16. The maximum atomic E-state index is 10.9. The molecule has 62 valence electrons. The second-order valence-corrected chi connectivity index (χ2v) is 4.20. The van der Waals surface area contributed by atoms with Gasteiger partial charge < -0.3 is 4.79 Å². The van der Waals surface area contributed by atoms with Crippen molar-refractivity contribution in [3.8, 4) is 0 Å². The smallest absolute Gasteiger partial charge is 0.126 e. The van der Waals surface area contributed by atoms with Crippen LogP contribution < -0.4 is 0 Å². The highest BCUT2D eigenvalue weighted by Gasteiger charge is 2.40. The molecule has 0 bridgehead atoms. The Kier molecular flexibility index (Phi) is 1.91. The second-order valence-electron chi connectivity index (χ2n) is 4.20. The standard InChI is InChI=1S/C10H16O/c1-9(2)6-4-5-7-10(9,3)8-11/h4,6,8H,5,7H2,1-3H3. The van der Waals surface area contributed by atoms with Crippen LogP contribution in [0.5, 0.6) is 0 Å². The van der Waals surface area contributed by atoms with Crippen molar-refractivity contribution >= 4 is 6.29 Å². The van der Waals surface area contributed by atoms with E-state index in [0.29, 0.717) is 0 Å². The molecule has 0 heterocycles. The Labute approximate surface area is 68.5 Å². The van der Waals surface area contributed by atoms with E-state index in [1.54, 1.807) is 0 Å². The van der Waals surface area contributed by atoms with Gasteiger partial charge in [0.05, 0.1) is 0 Å². The summed E-state index contributed by atoms with van der Waals surface area (Å²) in [6.45, 7) is 6.29. The lowest BCUT2D eigenvalue weighted by Gasteiger charge is -2.40. The van der Waals surface area contributed by atoms with Crippen LogP contribution in [0.2, 0.25) is 0 Å². The fourth-order valence-electron chi connectivity index (χ4n) is 1.48. The van der Waals surface area contributed by atoms with Crippen LogP contribution in [0.4, 0.5) is 0 Å². The molecule has 1 unspecified atom stereocenters. The topological polar surface area (TPSA) is 17.1 Å². The zero-order valence-electron chi connectivity index (χ0n) is 7.55. The van der Waals surface area contributed by atoms with Gasteiger partial charge in [-0.15, -0.1) is 0 Å². The van der Waals surface area contributed by atoms with Crippen LogP contribution in [0, 0.1) is 10.8 Å². The van der Waals surface area contributed by atoms with Gasteiger partial charge in [0.2, 0.25) is 0 Å². The summed E-state index contributed by atoms with van der Waals surface area (Å²) < 4.78 is 0. The van der Waals surface area contributed by atoms with Crippen molar-refractivity contribution in [2.45, 2.75) is 33.6 Å². The molecular formula is C10H16O. The van der Waals surface area contributed by atoms with Gasteiger partial charge in [-0.05, 0) is 18.3 Å². The fraction of sp³-hybridized carbons (Fsp3) is 0.700. The molecule has 1 heteroatoms. The molecule has 1 aliphatic rings. The van der Waals surface area contributed by atoms with Gasteiger partial charge in [-0.25, -0.2) is 0 Å². The highest BCUT2D eigenvalue weighted by molar-refractivity contribution is 5.61. The van der Waals surface area contributed by atoms with Crippen LogP contribution >= 0.6 is 0 Å². The first-order chi connectivity index (χ1) is 5.02. The predicted molar refractivity (Wildman–Crippen MR) is 46.3 cm³/mol. The van der Waals surface area contributed by atoms with Crippen LogP contribution in [-0.4, -0.2) is 6.29 Å². The molecule has 1 atom stereocenters. The number of hydrogen-bond acceptors (Lipinski definition) is 1. The van der Waals surface area contributed by atoms with Crippen molar-refractivity contribution in [3.05, 3.63) is 12.2 Å². The third kappa shape index (κ3) is 1.24. The molecule has 1 rings (SSSR count). The normalized spacial score (nSPS) is 35.2. The summed E-state index contributed by atoms with van der Waals surface area (Å²) >= 11 is 0. The quantitative estimate of drug-likeness (QED) is 0.417. The van der Waals surface area contributed by atoms with Crippen LogP contribution in [-0.2, 0) is 4.79 Å². The van der Waals surface area contributed by atoms with Gasteiger partial charge in [0, 0.05) is 5.41 Å². The Morgan fingerprint density at radius 2 is 2.00 bits per heavy atom. The Hall–Kier alpha value is -0.590. The van der Waals surface area contributed by atoms with Gasteiger partial charge in [0.15, 0.2) is 0 Å². The number of carbonyl (C=O) groups is 1. The first kappa shape index (κ1) is 8.51. The summed E-state index contributed by atoms with van der Waals surface area (Å²) in [6, 6.07) is 0. The molecule has 1 aliphatic carbocycles. The monoisotopic (exact) mass is 152 g/mol. The lowest BCUT2D eigenvalue weighted by Crippen LogP contribution is -2.36. The zero-order valence-corrected chi connectivity index (χ0v) is 7.55. The van der Waals surface area contributed by atoms with Crippen molar-refractivity contribution in [2.24, 2.45) is 10.8 Å². The van der Waals surface area contributed by atoms with Crippen molar-refractivity contribution in [2.75, 3.05) is 0 Å². The molecule has 11 heavy (non-hydrogen) atoms. The minimum Gasteiger partial charge on any atom is -0.303 e. The van der Waals surface area contributed by atoms with Crippen LogP contribution in [0.3, 0.4) is 0 Å². The highest BCUT2D eigenvalue weighted by atomic mass is 16.1. The van der Waals surface area contributed by atoms with Gasteiger partial charge in [-0.2, -0.15) is 0 Å². The number of carbonyl (C=O) groups excluding carboxylic acids is 1. The lowest BCUT2D eigenvalue weighted by molar-refractivity contribution is -0.120. The third-order valence-electron chi connectivity index (χ3n) is 3.10. The van der Waals surface area contributed by atoms with Crippen molar-refractivity contribution < 1.29 is 4.79 Å². The molecule has 1 nitrogen and oxygen atoms in total. The van der Waals surface area contributed by atoms with Crippen molar-refractivity contribution in [1.29, 1.82) is 0 Å². The van der Waals surface area contributed by atoms with Gasteiger partial charge in [0.1, 0.15) is 6.29 Å². The summed E-state index contributed by atoms with van der Waals surface area (Å²) in [5.41, 5.74) is -0.116. The van der Waals surface area contributed by atoms with E-state index in [0.717, 1.165) is 19.1 Å². The first-order valence-corrected chi connectivity index (χ1v) is 4.16. The maximum Gasteiger partial charge on any atom is 0.126 e. The molecule has 0 spiro atoms. The highest BCUT2D eigenvalue weighted by Crippen LogP contribution is 2.44. The molecule has 0 aromatic rings. The van der Waals surface area contributed by atoms with Crippen LogP contribution in [0.15, 0.2) is 12.2 Å². The predicted octanol–water partition coefficient (Wildman–Crippen LogP) is 2.57. The minimum atomic E-state index is -0.151. The zero-order chi connectivity index (χ0) is 8.54. The average molecular weight is 152 g/mol. The number of allylic oxidation sites excluding steroid dienone is 2. The molecule has 0 fully saturated rings. The van der Waals surface area contributed by atoms with Crippen LogP contribution in [0.25, 0.3) is 0 Å². The van der Waals surface area contributed by atoms with E-state index < -0.39 is 0 Å². The van der Waals surface area contributed by atoms with E-state index in [1.807, 2.05) is 6.92 Å². The largest absolute Gasteiger partial charge is 0.303 e. The molecule has 0 radical (unpaired) electrons. The van der Waals surface area contributed by atoms with E-state index in [-0.39, 0.29) is 10.8 Å². The van der Waals surface area contributed by atoms with E-state index in [9.17, 15) is 4.79 Å². The molecule has 0 aromatic heterocycles. The number of aldehydes is 1. The van der Waals surface area contributed by atoms with Gasteiger partial charge >= 0.3 is 0 Å². The Bertz CT molecular complexity index is 191. The summed E-state index contributed by atoms with van der Waals surface area (Å²) in [7, 11) is 0. The molecule has 0 N–H and O–H groups in total. The van der Waals surface area contributed by atoms with Crippen LogP contribution in [0.1, 0.15) is 33.6 Å². The van der Waals surface area contributed by atoms with E-state index in [2.05, 4.69) is 26.0 Å². The van der Waals surface area contributed by atoms with E-state index in [1.165, 1.54) is 0 Å². The summed E-state index contributed by atoms with van der Waals surface area (Å²) in [4.78, 5) is 10.9. The molecule has 0 aromatic carbocycles. The van der Waals surface area contributed by atoms with Crippen molar-refractivity contribution in [3.63, 3.8) is 0 Å². The fourth-order valence-corrected chi connectivity index (χ4v) is 1.48. The summed E-state index contributed by atoms with van der Waals surface area (Å²) in [6.07, 6.45) is 7.46. The Morgan fingerprint density at radius 1 is 1.36 bits per heavy atom. The van der Waals surface area contributed by atoms with Gasteiger partial charge in [-0.3, -0.25) is 0 Å². The third-order valence-corrected chi connectivity index (χ3v) is 3.10. The van der Waals surface area contributed by atoms with Gasteiger partial charge in [0.25, 0.3) is 0 Å². The second kappa shape index (κ2) is 2.47.